The zero-order valence-corrected chi connectivity index (χ0v) is 9.88. The highest BCUT2D eigenvalue weighted by Gasteiger charge is 2.31. The topological polar surface area (TPSA) is 40.5 Å². The predicted molar refractivity (Wildman–Crippen MR) is 59.8 cm³/mol. The van der Waals surface area contributed by atoms with Crippen LogP contribution in [0.2, 0.25) is 0 Å². The van der Waals surface area contributed by atoms with Gasteiger partial charge in [-0.2, -0.15) is 11.8 Å². The number of rotatable bonds is 3. The minimum atomic E-state index is -0.681. The first-order valence-electron chi connectivity index (χ1n) is 5.11. The van der Waals surface area contributed by atoms with Crippen molar-refractivity contribution in [1.29, 1.82) is 0 Å². The van der Waals surface area contributed by atoms with Gasteiger partial charge in [0.25, 0.3) is 0 Å². The second-order valence-corrected chi connectivity index (χ2v) is 5.75. The van der Waals surface area contributed by atoms with Gasteiger partial charge in [-0.3, -0.25) is 9.69 Å². The SMILES string of the molecule is CC1CN(C(C(=O)O)C(C)C)CCS1. The van der Waals surface area contributed by atoms with E-state index in [-0.39, 0.29) is 12.0 Å². The summed E-state index contributed by atoms with van der Waals surface area (Å²) < 4.78 is 0. The first-order valence-corrected chi connectivity index (χ1v) is 6.15. The van der Waals surface area contributed by atoms with Crippen molar-refractivity contribution >= 4 is 17.7 Å². The van der Waals surface area contributed by atoms with Gasteiger partial charge in [-0.15, -0.1) is 0 Å². The molecule has 14 heavy (non-hydrogen) atoms. The molecule has 1 rings (SSSR count). The largest absolute Gasteiger partial charge is 0.480 e. The van der Waals surface area contributed by atoms with Gasteiger partial charge < -0.3 is 5.11 Å². The Labute approximate surface area is 89.9 Å². The molecule has 1 N–H and O–H groups in total. The number of hydrogen-bond donors (Lipinski definition) is 1. The highest BCUT2D eigenvalue weighted by molar-refractivity contribution is 7.99. The normalized spacial score (nSPS) is 26.4. The smallest absolute Gasteiger partial charge is 0.321 e. The summed E-state index contributed by atoms with van der Waals surface area (Å²) in [6.07, 6.45) is 0. The van der Waals surface area contributed by atoms with E-state index in [0.717, 1.165) is 18.8 Å². The lowest BCUT2D eigenvalue weighted by Crippen LogP contribution is -2.50. The van der Waals surface area contributed by atoms with Crippen molar-refractivity contribution in [1.82, 2.24) is 4.90 Å². The molecule has 1 fully saturated rings. The molecular formula is C10H19NO2S. The molecule has 0 aromatic heterocycles. The molecule has 0 aromatic rings. The van der Waals surface area contributed by atoms with Gasteiger partial charge in [0, 0.05) is 24.1 Å². The Bertz CT molecular complexity index is 208. The van der Waals surface area contributed by atoms with E-state index in [1.165, 1.54) is 0 Å². The second-order valence-electron chi connectivity index (χ2n) is 4.20. The Hall–Kier alpha value is -0.220. The van der Waals surface area contributed by atoms with Crippen LogP contribution in [0.25, 0.3) is 0 Å². The molecule has 0 amide bonds. The Morgan fingerprint density at radius 2 is 2.21 bits per heavy atom. The second kappa shape index (κ2) is 5.03. The van der Waals surface area contributed by atoms with E-state index in [9.17, 15) is 4.79 Å². The number of carboxylic acid groups (broad SMARTS) is 1. The third-order valence-corrected chi connectivity index (χ3v) is 3.69. The molecule has 82 valence electrons. The summed E-state index contributed by atoms with van der Waals surface area (Å²) in [5.41, 5.74) is 0. The van der Waals surface area contributed by atoms with Crippen molar-refractivity contribution < 1.29 is 9.90 Å². The molecule has 4 heteroatoms. The fraction of sp³-hybridized carbons (Fsp3) is 0.900. The van der Waals surface area contributed by atoms with Crippen LogP contribution in [-0.2, 0) is 4.79 Å². The molecule has 0 aromatic carbocycles. The fourth-order valence-corrected chi connectivity index (χ4v) is 3.00. The lowest BCUT2D eigenvalue weighted by atomic mass is 10.0. The minimum Gasteiger partial charge on any atom is -0.480 e. The number of hydrogen-bond acceptors (Lipinski definition) is 3. The highest BCUT2D eigenvalue weighted by atomic mass is 32.2. The zero-order valence-electron chi connectivity index (χ0n) is 9.06. The molecule has 0 bridgehead atoms. The lowest BCUT2D eigenvalue weighted by Gasteiger charge is -2.36. The summed E-state index contributed by atoms with van der Waals surface area (Å²) in [7, 11) is 0. The van der Waals surface area contributed by atoms with Crippen molar-refractivity contribution in [3.05, 3.63) is 0 Å². The summed E-state index contributed by atoms with van der Waals surface area (Å²) in [5.74, 6) is 0.555. The van der Waals surface area contributed by atoms with E-state index in [2.05, 4.69) is 11.8 Å². The van der Waals surface area contributed by atoms with Crippen molar-refractivity contribution in [3.8, 4) is 0 Å². The standard InChI is InChI=1S/C10H19NO2S/c1-7(2)9(10(12)13)11-4-5-14-8(3)6-11/h7-9H,4-6H2,1-3H3,(H,12,13). The third-order valence-electron chi connectivity index (χ3n) is 2.55. The molecule has 2 atom stereocenters. The molecule has 0 spiro atoms. The Morgan fingerprint density at radius 1 is 1.57 bits per heavy atom. The molecule has 1 saturated heterocycles. The van der Waals surface area contributed by atoms with E-state index in [0.29, 0.717) is 5.25 Å². The average molecular weight is 217 g/mol. The van der Waals surface area contributed by atoms with Crippen LogP contribution < -0.4 is 0 Å². The molecule has 3 nitrogen and oxygen atoms in total. The maximum atomic E-state index is 11.1. The molecule has 1 heterocycles. The summed E-state index contributed by atoms with van der Waals surface area (Å²) in [6.45, 7) is 7.93. The molecule has 2 unspecified atom stereocenters. The molecule has 1 aliphatic rings. The lowest BCUT2D eigenvalue weighted by molar-refractivity contribution is -0.145. The fourth-order valence-electron chi connectivity index (χ4n) is 1.96. The molecular weight excluding hydrogens is 198 g/mol. The van der Waals surface area contributed by atoms with Gasteiger partial charge in [-0.25, -0.2) is 0 Å². The van der Waals surface area contributed by atoms with Crippen LogP contribution in [0.15, 0.2) is 0 Å². The van der Waals surface area contributed by atoms with Crippen LogP contribution >= 0.6 is 11.8 Å². The van der Waals surface area contributed by atoms with Crippen molar-refractivity contribution in [2.75, 3.05) is 18.8 Å². The van der Waals surface area contributed by atoms with E-state index < -0.39 is 5.97 Å². The van der Waals surface area contributed by atoms with Gasteiger partial charge in [-0.05, 0) is 5.92 Å². The van der Waals surface area contributed by atoms with Crippen molar-refractivity contribution in [2.45, 2.75) is 32.1 Å². The van der Waals surface area contributed by atoms with Crippen molar-refractivity contribution in [2.24, 2.45) is 5.92 Å². The van der Waals surface area contributed by atoms with Crippen LogP contribution in [0.4, 0.5) is 0 Å². The van der Waals surface area contributed by atoms with Crippen LogP contribution in [0.5, 0.6) is 0 Å². The van der Waals surface area contributed by atoms with Crippen LogP contribution in [0.3, 0.4) is 0 Å². The van der Waals surface area contributed by atoms with E-state index in [1.54, 1.807) is 0 Å². The van der Waals surface area contributed by atoms with E-state index in [1.807, 2.05) is 25.6 Å². The van der Waals surface area contributed by atoms with Crippen LogP contribution in [0, 0.1) is 5.92 Å². The highest BCUT2D eigenvalue weighted by Crippen LogP contribution is 2.22. The quantitative estimate of drug-likeness (QED) is 0.778. The van der Waals surface area contributed by atoms with Gasteiger partial charge in [0.05, 0.1) is 0 Å². The number of aliphatic carboxylic acids is 1. The summed E-state index contributed by atoms with van der Waals surface area (Å²) in [4.78, 5) is 13.2. The molecule has 0 aliphatic carbocycles. The average Bonchev–Trinajstić information content (AvgIpc) is 2.02. The van der Waals surface area contributed by atoms with Gasteiger partial charge >= 0.3 is 5.97 Å². The maximum absolute atomic E-state index is 11.1. The van der Waals surface area contributed by atoms with Crippen LogP contribution in [-0.4, -0.2) is 46.1 Å². The van der Waals surface area contributed by atoms with Crippen molar-refractivity contribution in [3.63, 3.8) is 0 Å². The Balaban J connectivity index is 2.63. The first kappa shape index (κ1) is 11.9. The van der Waals surface area contributed by atoms with Crippen LogP contribution in [0.1, 0.15) is 20.8 Å². The number of thioether (sulfide) groups is 1. The monoisotopic (exact) mass is 217 g/mol. The number of carboxylic acids is 1. The molecule has 0 saturated carbocycles. The van der Waals surface area contributed by atoms with Gasteiger partial charge in [-0.1, -0.05) is 20.8 Å². The number of carbonyl (C=O) groups is 1. The van der Waals surface area contributed by atoms with Gasteiger partial charge in [0.1, 0.15) is 6.04 Å². The number of nitrogens with zero attached hydrogens (tertiary/aromatic N) is 1. The maximum Gasteiger partial charge on any atom is 0.321 e. The van der Waals surface area contributed by atoms with E-state index >= 15 is 0 Å². The molecule has 0 radical (unpaired) electrons. The van der Waals surface area contributed by atoms with Gasteiger partial charge in [0.15, 0.2) is 0 Å². The summed E-state index contributed by atoms with van der Waals surface area (Å²) >= 11 is 1.93. The van der Waals surface area contributed by atoms with E-state index in [4.69, 9.17) is 5.11 Å². The Kier molecular flexibility index (Phi) is 4.26. The minimum absolute atomic E-state index is 0.183. The predicted octanol–water partition coefficient (Wildman–Crippen LogP) is 1.53. The Morgan fingerprint density at radius 3 is 2.64 bits per heavy atom. The summed E-state index contributed by atoms with van der Waals surface area (Å²) in [6, 6.07) is -0.307. The third kappa shape index (κ3) is 2.89. The summed E-state index contributed by atoms with van der Waals surface area (Å²) in [5, 5.41) is 9.69. The van der Waals surface area contributed by atoms with Gasteiger partial charge in [0.2, 0.25) is 0 Å². The molecule has 1 aliphatic heterocycles. The first-order chi connectivity index (χ1) is 6.52. The zero-order chi connectivity index (χ0) is 10.7.